The van der Waals surface area contributed by atoms with Crippen molar-refractivity contribution in [3.63, 3.8) is 0 Å². The lowest BCUT2D eigenvalue weighted by atomic mass is 10.1. The molecule has 19 heavy (non-hydrogen) atoms. The lowest BCUT2D eigenvalue weighted by Gasteiger charge is -2.13. The number of nitrogens with one attached hydrogen (secondary N) is 1. The number of benzene rings is 1. The molecule has 0 aliphatic heterocycles. The second-order valence-corrected chi connectivity index (χ2v) is 4.22. The zero-order valence-electron chi connectivity index (χ0n) is 12.4. The Kier molecular flexibility index (Phi) is 6.22. The standard InChI is InChI=1S/C15H23NO3/c1-6-16-10-11(2)7-12-8-14(18-4)15(19-5)9-13(12)17-3/h7-9,16H,6,10H2,1-5H3. The zero-order valence-corrected chi connectivity index (χ0v) is 12.4. The molecule has 0 aliphatic rings. The van der Waals surface area contributed by atoms with Crippen molar-refractivity contribution in [1.82, 2.24) is 5.32 Å². The van der Waals surface area contributed by atoms with Crippen LogP contribution in [0.2, 0.25) is 0 Å². The van der Waals surface area contributed by atoms with Gasteiger partial charge in [0.15, 0.2) is 11.5 Å². The van der Waals surface area contributed by atoms with Crippen molar-refractivity contribution < 1.29 is 14.2 Å². The molecule has 0 radical (unpaired) electrons. The Labute approximate surface area is 115 Å². The Bertz CT molecular complexity index is 441. The molecule has 0 amide bonds. The van der Waals surface area contributed by atoms with Crippen LogP contribution in [0.25, 0.3) is 6.08 Å². The van der Waals surface area contributed by atoms with E-state index in [0.717, 1.165) is 24.4 Å². The van der Waals surface area contributed by atoms with Crippen LogP contribution in [0.4, 0.5) is 0 Å². The van der Waals surface area contributed by atoms with Gasteiger partial charge >= 0.3 is 0 Å². The molecule has 106 valence electrons. The second-order valence-electron chi connectivity index (χ2n) is 4.22. The summed E-state index contributed by atoms with van der Waals surface area (Å²) in [6.07, 6.45) is 2.09. The number of methoxy groups -OCH3 is 3. The smallest absolute Gasteiger partial charge is 0.164 e. The van der Waals surface area contributed by atoms with E-state index in [1.54, 1.807) is 21.3 Å². The molecular formula is C15H23NO3. The Morgan fingerprint density at radius 3 is 2.16 bits per heavy atom. The molecule has 0 spiro atoms. The fraction of sp³-hybridized carbons (Fsp3) is 0.467. The molecule has 0 saturated heterocycles. The third kappa shape index (κ3) is 4.17. The maximum Gasteiger partial charge on any atom is 0.164 e. The molecule has 0 fully saturated rings. The van der Waals surface area contributed by atoms with E-state index in [-0.39, 0.29) is 0 Å². The van der Waals surface area contributed by atoms with Gasteiger partial charge in [0.25, 0.3) is 0 Å². The maximum atomic E-state index is 5.39. The first kappa shape index (κ1) is 15.4. The number of hydrogen-bond acceptors (Lipinski definition) is 4. The van der Waals surface area contributed by atoms with Crippen LogP contribution in [0.3, 0.4) is 0 Å². The summed E-state index contributed by atoms with van der Waals surface area (Å²) in [5.41, 5.74) is 2.21. The van der Waals surface area contributed by atoms with Crippen LogP contribution in [0.15, 0.2) is 17.7 Å². The third-order valence-corrected chi connectivity index (χ3v) is 2.79. The first-order chi connectivity index (χ1) is 9.15. The second kappa shape index (κ2) is 7.69. The van der Waals surface area contributed by atoms with Crippen LogP contribution in [-0.4, -0.2) is 34.4 Å². The maximum absolute atomic E-state index is 5.39. The first-order valence-corrected chi connectivity index (χ1v) is 6.34. The summed E-state index contributed by atoms with van der Waals surface area (Å²) in [4.78, 5) is 0. The van der Waals surface area contributed by atoms with E-state index in [1.165, 1.54) is 5.57 Å². The summed E-state index contributed by atoms with van der Waals surface area (Å²) in [6.45, 7) is 5.98. The van der Waals surface area contributed by atoms with E-state index >= 15 is 0 Å². The number of likely N-dealkylation sites (N-methyl/N-ethyl adjacent to an activating group) is 1. The van der Waals surface area contributed by atoms with Crippen molar-refractivity contribution in [1.29, 1.82) is 0 Å². The van der Waals surface area contributed by atoms with Crippen molar-refractivity contribution in [2.75, 3.05) is 34.4 Å². The van der Waals surface area contributed by atoms with Crippen LogP contribution < -0.4 is 19.5 Å². The molecule has 0 saturated carbocycles. The molecule has 0 bridgehead atoms. The highest BCUT2D eigenvalue weighted by atomic mass is 16.5. The number of ether oxygens (including phenoxy) is 3. The number of hydrogen-bond donors (Lipinski definition) is 1. The van der Waals surface area contributed by atoms with E-state index in [9.17, 15) is 0 Å². The fourth-order valence-corrected chi connectivity index (χ4v) is 1.80. The summed E-state index contributed by atoms with van der Waals surface area (Å²) in [6, 6.07) is 3.76. The quantitative estimate of drug-likeness (QED) is 0.823. The minimum Gasteiger partial charge on any atom is -0.496 e. The van der Waals surface area contributed by atoms with Gasteiger partial charge in [-0.1, -0.05) is 18.6 Å². The molecule has 0 heterocycles. The van der Waals surface area contributed by atoms with Gasteiger partial charge in [0.05, 0.1) is 21.3 Å². The normalized spacial score (nSPS) is 11.3. The van der Waals surface area contributed by atoms with Gasteiger partial charge in [-0.2, -0.15) is 0 Å². The summed E-state index contributed by atoms with van der Waals surface area (Å²) in [7, 11) is 4.89. The van der Waals surface area contributed by atoms with Gasteiger partial charge in [-0.05, 0) is 19.5 Å². The minimum atomic E-state index is 0.667. The van der Waals surface area contributed by atoms with Gasteiger partial charge in [0.1, 0.15) is 5.75 Å². The molecule has 1 aromatic carbocycles. The molecule has 0 aliphatic carbocycles. The molecule has 1 N–H and O–H groups in total. The molecule has 1 aromatic rings. The highest BCUT2D eigenvalue weighted by Crippen LogP contribution is 2.35. The highest BCUT2D eigenvalue weighted by Gasteiger charge is 2.10. The van der Waals surface area contributed by atoms with Gasteiger partial charge in [-0.15, -0.1) is 0 Å². The molecule has 4 heteroatoms. The zero-order chi connectivity index (χ0) is 14.3. The number of rotatable bonds is 7. The van der Waals surface area contributed by atoms with Crippen molar-refractivity contribution in [3.05, 3.63) is 23.3 Å². The lowest BCUT2D eigenvalue weighted by Crippen LogP contribution is -2.14. The van der Waals surface area contributed by atoms with Crippen molar-refractivity contribution >= 4 is 6.08 Å². The van der Waals surface area contributed by atoms with Crippen LogP contribution in [0.1, 0.15) is 19.4 Å². The SMILES string of the molecule is CCNCC(C)=Cc1cc(OC)c(OC)cc1OC. The predicted molar refractivity (Wildman–Crippen MR) is 78.3 cm³/mol. The molecular weight excluding hydrogens is 242 g/mol. The van der Waals surface area contributed by atoms with E-state index in [4.69, 9.17) is 14.2 Å². The van der Waals surface area contributed by atoms with E-state index < -0.39 is 0 Å². The van der Waals surface area contributed by atoms with Gasteiger partial charge in [0, 0.05) is 18.2 Å². The highest BCUT2D eigenvalue weighted by molar-refractivity contribution is 5.65. The van der Waals surface area contributed by atoms with Crippen molar-refractivity contribution in [2.24, 2.45) is 0 Å². The molecule has 0 unspecified atom stereocenters. The fourth-order valence-electron chi connectivity index (χ4n) is 1.80. The topological polar surface area (TPSA) is 39.7 Å². The first-order valence-electron chi connectivity index (χ1n) is 6.34. The average molecular weight is 265 g/mol. The molecule has 0 atom stereocenters. The average Bonchev–Trinajstić information content (AvgIpc) is 2.44. The van der Waals surface area contributed by atoms with Crippen LogP contribution in [0, 0.1) is 0 Å². The van der Waals surface area contributed by atoms with Crippen LogP contribution in [-0.2, 0) is 0 Å². The summed E-state index contributed by atoms with van der Waals surface area (Å²) >= 11 is 0. The Hall–Kier alpha value is -1.68. The van der Waals surface area contributed by atoms with E-state index in [0.29, 0.717) is 11.5 Å². The van der Waals surface area contributed by atoms with Crippen LogP contribution in [0.5, 0.6) is 17.2 Å². The predicted octanol–water partition coefficient (Wildman–Crippen LogP) is 2.73. The summed E-state index contributed by atoms with van der Waals surface area (Å²) < 4.78 is 16.0. The van der Waals surface area contributed by atoms with Crippen molar-refractivity contribution in [3.8, 4) is 17.2 Å². The Morgan fingerprint density at radius 1 is 1.05 bits per heavy atom. The van der Waals surface area contributed by atoms with Gasteiger partial charge in [-0.25, -0.2) is 0 Å². The third-order valence-electron chi connectivity index (χ3n) is 2.79. The lowest BCUT2D eigenvalue weighted by molar-refractivity contribution is 0.348. The Morgan fingerprint density at radius 2 is 1.63 bits per heavy atom. The monoisotopic (exact) mass is 265 g/mol. The summed E-state index contributed by atoms with van der Waals surface area (Å²) in [5, 5.41) is 3.29. The van der Waals surface area contributed by atoms with Gasteiger partial charge in [0.2, 0.25) is 0 Å². The van der Waals surface area contributed by atoms with Gasteiger partial charge < -0.3 is 19.5 Å². The van der Waals surface area contributed by atoms with Gasteiger partial charge in [-0.3, -0.25) is 0 Å². The van der Waals surface area contributed by atoms with E-state index in [2.05, 4.69) is 25.2 Å². The summed E-state index contributed by atoms with van der Waals surface area (Å²) in [5.74, 6) is 2.14. The van der Waals surface area contributed by atoms with Crippen molar-refractivity contribution in [2.45, 2.75) is 13.8 Å². The largest absolute Gasteiger partial charge is 0.496 e. The molecule has 4 nitrogen and oxygen atoms in total. The molecule has 0 aromatic heterocycles. The van der Waals surface area contributed by atoms with Crippen LogP contribution >= 0.6 is 0 Å². The minimum absolute atomic E-state index is 0.667. The van der Waals surface area contributed by atoms with E-state index in [1.807, 2.05) is 12.1 Å². The Balaban J connectivity index is 3.11. The molecule has 1 rings (SSSR count).